The Bertz CT molecular complexity index is 643. The van der Waals surface area contributed by atoms with E-state index in [1.807, 2.05) is 0 Å². The Kier molecular flexibility index (Phi) is 5.33. The quantitative estimate of drug-likeness (QED) is 0.676. The summed E-state index contributed by atoms with van der Waals surface area (Å²) < 4.78 is 1.11. The molecule has 2 aliphatic rings. The number of amides is 1. The lowest BCUT2D eigenvalue weighted by molar-refractivity contribution is -0.121. The lowest BCUT2D eigenvalue weighted by Gasteiger charge is -2.42. The van der Waals surface area contributed by atoms with E-state index < -0.39 is 0 Å². The van der Waals surface area contributed by atoms with Crippen LogP contribution in [0.1, 0.15) is 57.4 Å². The zero-order valence-electron chi connectivity index (χ0n) is 14.5. The average Bonchev–Trinajstić information content (AvgIpc) is 2.88. The first-order chi connectivity index (χ1) is 11.6. The minimum absolute atomic E-state index is 0.0462. The first kappa shape index (κ1) is 17.5. The van der Waals surface area contributed by atoms with Gasteiger partial charge in [0.25, 0.3) is 0 Å². The zero-order valence-corrected chi connectivity index (χ0v) is 16.0. The molecule has 4 heteroatoms. The largest absolute Gasteiger partial charge is 0.381 e. The first-order valence-corrected chi connectivity index (χ1v) is 9.88. The highest BCUT2D eigenvalue weighted by atomic mass is 79.9. The minimum atomic E-state index is -0.0462. The topological polar surface area (TPSA) is 41.1 Å². The van der Waals surface area contributed by atoms with Crippen molar-refractivity contribution in [2.75, 3.05) is 11.9 Å². The molecule has 0 saturated heterocycles. The van der Waals surface area contributed by atoms with Gasteiger partial charge < -0.3 is 10.6 Å². The van der Waals surface area contributed by atoms with Crippen LogP contribution in [0.15, 0.2) is 34.8 Å². The molecule has 1 aliphatic heterocycles. The fraction of sp³-hybridized carbons (Fsp3) is 0.550. The first-order valence-electron chi connectivity index (χ1n) is 9.09. The van der Waals surface area contributed by atoms with Crippen LogP contribution in [0.4, 0.5) is 5.69 Å². The van der Waals surface area contributed by atoms with Crippen molar-refractivity contribution in [2.24, 2.45) is 0 Å². The number of fused-ring (bicyclic) bond motifs is 3. The van der Waals surface area contributed by atoms with Gasteiger partial charge in [0, 0.05) is 34.6 Å². The number of halogens is 1. The van der Waals surface area contributed by atoms with Crippen LogP contribution < -0.4 is 10.6 Å². The molecule has 0 aromatic heterocycles. The molecule has 0 unspecified atom stereocenters. The van der Waals surface area contributed by atoms with Gasteiger partial charge in [-0.05, 0) is 55.9 Å². The lowest BCUT2D eigenvalue weighted by atomic mass is 9.63. The highest BCUT2D eigenvalue weighted by Crippen LogP contribution is 2.53. The molecule has 24 heavy (non-hydrogen) atoms. The van der Waals surface area contributed by atoms with Gasteiger partial charge in [-0.3, -0.25) is 4.79 Å². The van der Waals surface area contributed by atoms with Crippen molar-refractivity contribution in [3.05, 3.63) is 40.4 Å². The van der Waals surface area contributed by atoms with E-state index in [4.69, 9.17) is 0 Å². The molecule has 1 aliphatic carbocycles. The van der Waals surface area contributed by atoms with Crippen LogP contribution in [0, 0.1) is 0 Å². The van der Waals surface area contributed by atoms with E-state index in [9.17, 15) is 4.79 Å². The molecule has 1 saturated carbocycles. The molecule has 1 aromatic rings. The van der Waals surface area contributed by atoms with Gasteiger partial charge in [-0.25, -0.2) is 0 Å². The predicted octanol–water partition coefficient (Wildman–Crippen LogP) is 4.92. The maximum atomic E-state index is 12.0. The number of carbonyl (C=O) groups is 1. The number of hydrogen-bond donors (Lipinski definition) is 2. The van der Waals surface area contributed by atoms with Gasteiger partial charge in [0.1, 0.15) is 0 Å². The van der Waals surface area contributed by atoms with Crippen molar-refractivity contribution in [1.82, 2.24) is 5.32 Å². The molecular formula is C20H27BrN2O. The van der Waals surface area contributed by atoms with Crippen LogP contribution in [0.3, 0.4) is 0 Å². The van der Waals surface area contributed by atoms with E-state index in [1.165, 1.54) is 23.2 Å². The SMILES string of the molecule is C=C1CCC[C@@H]2Nc3ccc(Br)cc3[C@]12CCNC(=O)CCCC. The number of anilines is 1. The van der Waals surface area contributed by atoms with Crippen molar-refractivity contribution < 1.29 is 4.79 Å². The van der Waals surface area contributed by atoms with Gasteiger partial charge in [-0.1, -0.05) is 41.4 Å². The Morgan fingerprint density at radius 1 is 1.50 bits per heavy atom. The molecule has 2 N–H and O–H groups in total. The summed E-state index contributed by atoms with van der Waals surface area (Å²) in [6.07, 6.45) is 7.00. The number of unbranched alkanes of at least 4 members (excludes halogenated alkanes) is 1. The second-order valence-corrected chi connectivity index (χ2v) is 7.97. The number of benzene rings is 1. The van der Waals surface area contributed by atoms with Gasteiger partial charge in [-0.2, -0.15) is 0 Å². The summed E-state index contributed by atoms with van der Waals surface area (Å²) >= 11 is 3.62. The summed E-state index contributed by atoms with van der Waals surface area (Å²) in [5.74, 6) is 0.173. The Morgan fingerprint density at radius 2 is 2.33 bits per heavy atom. The van der Waals surface area contributed by atoms with Crippen molar-refractivity contribution in [1.29, 1.82) is 0 Å². The van der Waals surface area contributed by atoms with Crippen LogP contribution in [0.2, 0.25) is 0 Å². The van der Waals surface area contributed by atoms with Gasteiger partial charge in [0.2, 0.25) is 5.91 Å². The van der Waals surface area contributed by atoms with Crippen LogP contribution in [-0.4, -0.2) is 18.5 Å². The monoisotopic (exact) mass is 390 g/mol. The van der Waals surface area contributed by atoms with E-state index in [2.05, 4.69) is 58.3 Å². The van der Waals surface area contributed by atoms with E-state index in [1.54, 1.807) is 0 Å². The summed E-state index contributed by atoms with van der Waals surface area (Å²) in [7, 11) is 0. The molecule has 0 radical (unpaired) electrons. The second-order valence-electron chi connectivity index (χ2n) is 7.06. The molecule has 130 valence electrons. The van der Waals surface area contributed by atoms with Crippen LogP contribution >= 0.6 is 15.9 Å². The second kappa shape index (κ2) is 7.30. The smallest absolute Gasteiger partial charge is 0.219 e. The van der Waals surface area contributed by atoms with Crippen LogP contribution in [0.5, 0.6) is 0 Å². The summed E-state index contributed by atoms with van der Waals surface area (Å²) in [6, 6.07) is 6.88. The normalized spacial score (nSPS) is 24.9. The third-order valence-electron chi connectivity index (χ3n) is 5.59. The van der Waals surface area contributed by atoms with Gasteiger partial charge in [0.05, 0.1) is 0 Å². The van der Waals surface area contributed by atoms with E-state index >= 15 is 0 Å². The van der Waals surface area contributed by atoms with Crippen molar-refractivity contribution >= 4 is 27.5 Å². The summed E-state index contributed by atoms with van der Waals surface area (Å²) in [4.78, 5) is 12.0. The van der Waals surface area contributed by atoms with Gasteiger partial charge >= 0.3 is 0 Å². The molecule has 1 aromatic carbocycles. The summed E-state index contributed by atoms with van der Waals surface area (Å²) in [5, 5.41) is 6.83. The maximum Gasteiger partial charge on any atom is 0.219 e. The molecule has 3 rings (SSSR count). The third kappa shape index (κ3) is 3.13. The van der Waals surface area contributed by atoms with Gasteiger partial charge in [0.15, 0.2) is 0 Å². The van der Waals surface area contributed by atoms with E-state index in [-0.39, 0.29) is 11.3 Å². The molecule has 0 spiro atoms. The van der Waals surface area contributed by atoms with Crippen molar-refractivity contribution in [2.45, 2.75) is 63.3 Å². The predicted molar refractivity (Wildman–Crippen MR) is 103 cm³/mol. The molecule has 1 heterocycles. The van der Waals surface area contributed by atoms with Crippen molar-refractivity contribution in [3.63, 3.8) is 0 Å². The summed E-state index contributed by atoms with van der Waals surface area (Å²) in [6.45, 7) is 7.26. The molecular weight excluding hydrogens is 364 g/mol. The highest BCUT2D eigenvalue weighted by Gasteiger charge is 2.49. The lowest BCUT2D eigenvalue weighted by Crippen LogP contribution is -2.45. The van der Waals surface area contributed by atoms with E-state index in [0.717, 1.165) is 36.6 Å². The van der Waals surface area contributed by atoms with E-state index in [0.29, 0.717) is 19.0 Å². The standard InChI is InChI=1S/C20H27BrN2O/c1-3-4-8-19(24)22-12-11-20-14(2)6-5-7-18(20)23-17-10-9-15(21)13-16(17)20/h9-10,13,18,23H,2-8,11-12H2,1H3,(H,22,24)/t18-,20-/m0/s1. The molecule has 2 atom stereocenters. The fourth-order valence-corrected chi connectivity index (χ4v) is 4.68. The van der Waals surface area contributed by atoms with Crippen LogP contribution in [-0.2, 0) is 10.2 Å². The Morgan fingerprint density at radius 3 is 3.12 bits per heavy atom. The Labute approximate surface area is 153 Å². The third-order valence-corrected chi connectivity index (χ3v) is 6.08. The fourth-order valence-electron chi connectivity index (χ4n) is 4.32. The number of carbonyl (C=O) groups excluding carboxylic acids is 1. The molecule has 1 fully saturated rings. The number of rotatable bonds is 6. The molecule has 1 amide bonds. The summed E-state index contributed by atoms with van der Waals surface area (Å²) in [5.41, 5.74) is 3.83. The Balaban J connectivity index is 1.80. The molecule has 0 bridgehead atoms. The minimum Gasteiger partial charge on any atom is -0.381 e. The number of hydrogen-bond acceptors (Lipinski definition) is 2. The van der Waals surface area contributed by atoms with Crippen molar-refractivity contribution in [3.8, 4) is 0 Å². The average molecular weight is 391 g/mol. The van der Waals surface area contributed by atoms with Gasteiger partial charge in [-0.15, -0.1) is 0 Å². The van der Waals surface area contributed by atoms with Crippen LogP contribution in [0.25, 0.3) is 0 Å². The maximum absolute atomic E-state index is 12.0. The highest BCUT2D eigenvalue weighted by molar-refractivity contribution is 9.10. The Hall–Kier alpha value is -1.29. The zero-order chi connectivity index (χ0) is 17.2. The number of nitrogens with one attached hydrogen (secondary N) is 2. The molecule has 3 nitrogen and oxygen atoms in total.